The van der Waals surface area contributed by atoms with E-state index in [1.54, 1.807) is 13.8 Å². The van der Waals surface area contributed by atoms with Crippen molar-refractivity contribution < 1.29 is 24.9 Å². The largest absolute Gasteiger partial charge is 0.480 e. The normalized spacial score (nSPS) is 13.6. The third kappa shape index (κ3) is 9.38. The summed E-state index contributed by atoms with van der Waals surface area (Å²) < 4.78 is 0. The number of carboxylic acid groups (broad SMARTS) is 2. The zero-order valence-electron chi connectivity index (χ0n) is 9.46. The highest BCUT2D eigenvalue weighted by Gasteiger charge is 2.14. The van der Waals surface area contributed by atoms with E-state index in [9.17, 15) is 9.59 Å². The van der Waals surface area contributed by atoms with E-state index in [1.165, 1.54) is 0 Å². The Balaban J connectivity index is 0. The van der Waals surface area contributed by atoms with Crippen LogP contribution in [0.5, 0.6) is 0 Å². The fraction of sp³-hybridized carbons (Fsp3) is 0.778. The van der Waals surface area contributed by atoms with Gasteiger partial charge in [0.15, 0.2) is 0 Å². The van der Waals surface area contributed by atoms with Gasteiger partial charge in [0.1, 0.15) is 12.1 Å². The Morgan fingerprint density at radius 3 is 1.62 bits per heavy atom. The molecule has 0 aliphatic rings. The van der Waals surface area contributed by atoms with Gasteiger partial charge in [-0.25, -0.2) is 0 Å². The molecule has 0 aromatic heterocycles. The van der Waals surface area contributed by atoms with Gasteiger partial charge in [-0.1, -0.05) is 13.8 Å². The van der Waals surface area contributed by atoms with E-state index in [0.29, 0.717) is 0 Å². The zero-order chi connectivity index (χ0) is 13.3. The van der Waals surface area contributed by atoms with Gasteiger partial charge in [-0.05, 0) is 12.3 Å². The summed E-state index contributed by atoms with van der Waals surface area (Å²) in [6, 6.07) is -1.63. The van der Waals surface area contributed by atoms with Crippen LogP contribution in [0, 0.1) is 5.92 Å². The van der Waals surface area contributed by atoms with E-state index in [0.717, 1.165) is 0 Å². The van der Waals surface area contributed by atoms with Crippen LogP contribution in [-0.2, 0) is 9.59 Å². The molecular formula is C9H20N2O5. The summed E-state index contributed by atoms with van der Waals surface area (Å²) in [5.74, 6) is -1.98. The first kappa shape index (κ1) is 17.2. The molecule has 2 atom stereocenters. The van der Waals surface area contributed by atoms with Gasteiger partial charge >= 0.3 is 11.9 Å². The molecule has 0 amide bonds. The van der Waals surface area contributed by atoms with Crippen LogP contribution < -0.4 is 11.5 Å². The minimum Gasteiger partial charge on any atom is -0.480 e. The molecule has 7 nitrogen and oxygen atoms in total. The van der Waals surface area contributed by atoms with Gasteiger partial charge in [0.05, 0.1) is 0 Å². The molecule has 0 heterocycles. The molecular weight excluding hydrogens is 216 g/mol. The van der Waals surface area contributed by atoms with Crippen molar-refractivity contribution in [1.29, 1.82) is 0 Å². The summed E-state index contributed by atoms with van der Waals surface area (Å²) in [7, 11) is 0. The summed E-state index contributed by atoms with van der Waals surface area (Å²) in [4.78, 5) is 19.9. The number of aliphatic hydroxyl groups is 1. The van der Waals surface area contributed by atoms with Gasteiger partial charge < -0.3 is 26.8 Å². The topological polar surface area (TPSA) is 147 Å². The maximum Gasteiger partial charge on any atom is 0.320 e. The Labute approximate surface area is 94.1 Å². The van der Waals surface area contributed by atoms with Gasteiger partial charge in [-0.3, -0.25) is 9.59 Å². The fourth-order valence-corrected chi connectivity index (χ4v) is 0.548. The lowest BCUT2D eigenvalue weighted by Crippen LogP contribution is -2.34. The quantitative estimate of drug-likeness (QED) is 0.404. The van der Waals surface area contributed by atoms with Crippen LogP contribution >= 0.6 is 0 Å². The van der Waals surface area contributed by atoms with Gasteiger partial charge in [0.25, 0.3) is 0 Å². The summed E-state index contributed by atoms with van der Waals surface area (Å²) in [6.07, 6.45) is 0.120. The highest BCUT2D eigenvalue weighted by Crippen LogP contribution is 1.96. The first-order chi connectivity index (χ1) is 7.23. The summed E-state index contributed by atoms with van der Waals surface area (Å²) in [5, 5.41) is 24.4. The van der Waals surface area contributed by atoms with Gasteiger partial charge in [0, 0.05) is 6.61 Å². The van der Waals surface area contributed by atoms with Gasteiger partial charge in [0.2, 0.25) is 0 Å². The molecule has 16 heavy (non-hydrogen) atoms. The smallest absolute Gasteiger partial charge is 0.320 e. The monoisotopic (exact) mass is 236 g/mol. The molecule has 0 saturated carbocycles. The van der Waals surface area contributed by atoms with Crippen molar-refractivity contribution >= 4 is 11.9 Å². The molecule has 0 unspecified atom stereocenters. The Bertz CT molecular complexity index is 220. The number of carboxylic acids is 2. The second kappa shape index (κ2) is 9.08. The van der Waals surface area contributed by atoms with Gasteiger partial charge in [-0.15, -0.1) is 0 Å². The maximum atomic E-state index is 10.0. The average Bonchev–Trinajstić information content (AvgIpc) is 2.17. The van der Waals surface area contributed by atoms with E-state index in [2.05, 4.69) is 0 Å². The van der Waals surface area contributed by atoms with Crippen molar-refractivity contribution in [2.24, 2.45) is 17.4 Å². The molecule has 96 valence electrons. The SMILES string of the molecule is CC(C)[C@H](N)C(=O)O.N[C@@H](CCO)C(=O)O. The fourth-order valence-electron chi connectivity index (χ4n) is 0.548. The lowest BCUT2D eigenvalue weighted by Gasteiger charge is -2.07. The molecule has 0 aliphatic heterocycles. The molecule has 7 heteroatoms. The van der Waals surface area contributed by atoms with Crippen molar-refractivity contribution in [3.8, 4) is 0 Å². The number of rotatable bonds is 5. The molecule has 0 aromatic rings. The molecule has 0 rings (SSSR count). The first-order valence-corrected chi connectivity index (χ1v) is 4.81. The molecule has 0 aromatic carbocycles. The van der Waals surface area contributed by atoms with E-state index in [1.807, 2.05) is 0 Å². The van der Waals surface area contributed by atoms with Crippen molar-refractivity contribution in [2.45, 2.75) is 32.4 Å². The maximum absolute atomic E-state index is 10.0. The third-order valence-electron chi connectivity index (χ3n) is 1.76. The van der Waals surface area contributed by atoms with Crippen LogP contribution in [0.3, 0.4) is 0 Å². The molecule has 0 radical (unpaired) electrons. The summed E-state index contributed by atoms with van der Waals surface area (Å²) >= 11 is 0. The van der Waals surface area contributed by atoms with Crippen LogP contribution in [-0.4, -0.2) is 45.9 Å². The van der Waals surface area contributed by atoms with E-state index in [4.69, 9.17) is 26.8 Å². The molecule has 0 fully saturated rings. The lowest BCUT2D eigenvalue weighted by atomic mass is 10.1. The standard InChI is InChI=1S/C5H11NO2.C4H9NO3/c1-3(2)4(6)5(7)8;5-3(1-2-6)4(7)8/h3-4H,6H2,1-2H3,(H,7,8);3,6H,1-2,5H2,(H,7,8)/t4-;3-/m00/s1. The second-order valence-electron chi connectivity index (χ2n) is 3.57. The number of nitrogens with two attached hydrogens (primary N) is 2. The number of hydrogen-bond donors (Lipinski definition) is 5. The Morgan fingerprint density at radius 2 is 1.56 bits per heavy atom. The zero-order valence-corrected chi connectivity index (χ0v) is 9.46. The van der Waals surface area contributed by atoms with Crippen LogP contribution in [0.15, 0.2) is 0 Å². The van der Waals surface area contributed by atoms with Gasteiger partial charge in [-0.2, -0.15) is 0 Å². The summed E-state index contributed by atoms with van der Waals surface area (Å²) in [5.41, 5.74) is 10.1. The van der Waals surface area contributed by atoms with Crippen LogP contribution in [0.2, 0.25) is 0 Å². The van der Waals surface area contributed by atoms with E-state index >= 15 is 0 Å². The highest BCUT2D eigenvalue weighted by molar-refractivity contribution is 5.73. The molecule has 0 saturated heterocycles. The Morgan fingerprint density at radius 1 is 1.12 bits per heavy atom. The number of aliphatic carboxylic acids is 2. The van der Waals surface area contributed by atoms with E-state index in [-0.39, 0.29) is 18.9 Å². The second-order valence-corrected chi connectivity index (χ2v) is 3.57. The Hall–Kier alpha value is -1.18. The molecule has 0 bridgehead atoms. The summed E-state index contributed by atoms with van der Waals surface area (Å²) in [6.45, 7) is 3.38. The molecule has 0 aliphatic carbocycles. The third-order valence-corrected chi connectivity index (χ3v) is 1.76. The Kier molecular flexibility index (Phi) is 9.77. The van der Waals surface area contributed by atoms with Crippen LogP contribution in [0.25, 0.3) is 0 Å². The van der Waals surface area contributed by atoms with Crippen LogP contribution in [0.4, 0.5) is 0 Å². The predicted molar refractivity (Wildman–Crippen MR) is 57.8 cm³/mol. The van der Waals surface area contributed by atoms with Crippen molar-refractivity contribution in [2.75, 3.05) is 6.61 Å². The van der Waals surface area contributed by atoms with Crippen molar-refractivity contribution in [1.82, 2.24) is 0 Å². The van der Waals surface area contributed by atoms with Crippen LogP contribution in [0.1, 0.15) is 20.3 Å². The first-order valence-electron chi connectivity index (χ1n) is 4.81. The minimum atomic E-state index is -1.07. The van der Waals surface area contributed by atoms with E-state index < -0.39 is 24.0 Å². The average molecular weight is 236 g/mol. The number of carbonyl (C=O) groups is 2. The minimum absolute atomic E-state index is 0.0208. The number of hydrogen-bond acceptors (Lipinski definition) is 5. The molecule has 0 spiro atoms. The predicted octanol–water partition coefficient (Wildman–Crippen LogP) is -1.16. The number of aliphatic hydroxyl groups excluding tert-OH is 1. The van der Waals surface area contributed by atoms with Crippen molar-refractivity contribution in [3.05, 3.63) is 0 Å². The van der Waals surface area contributed by atoms with Crippen molar-refractivity contribution in [3.63, 3.8) is 0 Å². The lowest BCUT2D eigenvalue weighted by molar-refractivity contribution is -0.140. The highest BCUT2D eigenvalue weighted by atomic mass is 16.4. The molecule has 7 N–H and O–H groups in total.